The first kappa shape index (κ1) is 14.5. The average Bonchev–Trinajstić information content (AvgIpc) is 3.06. The van der Waals surface area contributed by atoms with Gasteiger partial charge in [-0.05, 0) is 36.4 Å². The largest absolute Gasteiger partial charge is 0.355 e. The van der Waals surface area contributed by atoms with E-state index < -0.39 is 5.91 Å². The van der Waals surface area contributed by atoms with E-state index in [1.807, 2.05) is 6.07 Å². The molecule has 23 heavy (non-hydrogen) atoms. The van der Waals surface area contributed by atoms with E-state index in [-0.39, 0.29) is 17.1 Å². The molecule has 1 N–H and O–H groups in total. The maximum absolute atomic E-state index is 13.0. The smallest absolute Gasteiger partial charge is 0.261 e. The van der Waals surface area contributed by atoms with Crippen LogP contribution in [0.3, 0.4) is 0 Å². The first-order valence-electron chi connectivity index (χ1n) is 6.70. The number of aromatic nitrogens is 1. The number of benzene rings is 2. The number of rotatable bonds is 3. The van der Waals surface area contributed by atoms with Gasteiger partial charge < -0.3 is 9.84 Å². The predicted octanol–water partition coefficient (Wildman–Crippen LogP) is 3.60. The number of hydrogen-bond acceptors (Lipinski definition) is 4. The number of halogens is 1. The summed E-state index contributed by atoms with van der Waals surface area (Å²) < 4.78 is 18.1. The summed E-state index contributed by atoms with van der Waals surface area (Å²) in [4.78, 5) is 12.4. The lowest BCUT2D eigenvalue weighted by Gasteiger charge is -2.06. The van der Waals surface area contributed by atoms with Crippen molar-refractivity contribution in [1.82, 2.24) is 5.16 Å². The van der Waals surface area contributed by atoms with Gasteiger partial charge >= 0.3 is 0 Å². The van der Waals surface area contributed by atoms with Gasteiger partial charge in [-0.3, -0.25) is 4.79 Å². The average molecular weight is 307 g/mol. The number of hydrogen-bond donors (Lipinski definition) is 1. The van der Waals surface area contributed by atoms with Gasteiger partial charge in [-0.2, -0.15) is 5.26 Å². The molecule has 1 amide bonds. The normalized spacial score (nSPS) is 10.1. The quantitative estimate of drug-likeness (QED) is 0.801. The number of carbonyl (C=O) groups excluding carboxylic acids is 1. The Kier molecular flexibility index (Phi) is 3.85. The summed E-state index contributed by atoms with van der Waals surface area (Å²) in [6.07, 6.45) is 1.28. The van der Waals surface area contributed by atoms with Gasteiger partial charge in [0, 0.05) is 5.56 Å². The van der Waals surface area contributed by atoms with Gasteiger partial charge in [0.05, 0.1) is 17.4 Å². The van der Waals surface area contributed by atoms with E-state index in [9.17, 15) is 9.18 Å². The van der Waals surface area contributed by atoms with Gasteiger partial charge in [-0.25, -0.2) is 4.39 Å². The maximum atomic E-state index is 13.0. The molecule has 0 radical (unpaired) electrons. The van der Waals surface area contributed by atoms with Crippen LogP contribution in [0.4, 0.5) is 10.1 Å². The zero-order chi connectivity index (χ0) is 16.2. The second-order valence-corrected chi connectivity index (χ2v) is 4.69. The van der Waals surface area contributed by atoms with E-state index >= 15 is 0 Å². The standard InChI is InChI=1S/C17H10FN3O2/c18-13-7-5-11(6-8-13)16-14(10-20-23-16)17(22)21-15-4-2-1-3-12(15)9-19/h1-8,10H,(H,21,22). The molecule has 0 saturated heterocycles. The van der Waals surface area contributed by atoms with Crippen LogP contribution in [-0.4, -0.2) is 11.1 Å². The van der Waals surface area contributed by atoms with E-state index in [0.717, 1.165) is 0 Å². The minimum atomic E-state index is -0.465. The van der Waals surface area contributed by atoms with Crippen molar-refractivity contribution in [2.45, 2.75) is 0 Å². The third kappa shape index (κ3) is 2.94. The summed E-state index contributed by atoms with van der Waals surface area (Å²) >= 11 is 0. The number of anilines is 1. The van der Waals surface area contributed by atoms with E-state index in [2.05, 4.69) is 10.5 Å². The van der Waals surface area contributed by atoms with Crippen molar-refractivity contribution in [3.8, 4) is 17.4 Å². The Labute approximate surface area is 131 Å². The Morgan fingerprint density at radius 1 is 1.17 bits per heavy atom. The lowest BCUT2D eigenvalue weighted by Crippen LogP contribution is -2.13. The van der Waals surface area contributed by atoms with Crippen LogP contribution in [0.25, 0.3) is 11.3 Å². The third-order valence-electron chi connectivity index (χ3n) is 3.22. The van der Waals surface area contributed by atoms with Crippen molar-refractivity contribution in [1.29, 1.82) is 5.26 Å². The Bertz CT molecular complexity index is 895. The van der Waals surface area contributed by atoms with Gasteiger partial charge in [0.1, 0.15) is 17.4 Å². The molecule has 5 nitrogen and oxygen atoms in total. The van der Waals surface area contributed by atoms with Crippen LogP contribution >= 0.6 is 0 Å². The Morgan fingerprint density at radius 3 is 2.65 bits per heavy atom. The highest BCUT2D eigenvalue weighted by molar-refractivity contribution is 6.08. The van der Waals surface area contributed by atoms with Gasteiger partial charge in [-0.15, -0.1) is 0 Å². The summed E-state index contributed by atoms with van der Waals surface area (Å²) in [7, 11) is 0. The minimum absolute atomic E-state index is 0.198. The molecule has 0 aliphatic carbocycles. The molecule has 0 saturated carbocycles. The summed E-state index contributed by atoms with van der Waals surface area (Å²) in [5, 5.41) is 15.3. The second-order valence-electron chi connectivity index (χ2n) is 4.69. The fourth-order valence-electron chi connectivity index (χ4n) is 2.09. The number of carbonyl (C=O) groups is 1. The van der Waals surface area contributed by atoms with Crippen LogP contribution in [0.2, 0.25) is 0 Å². The van der Waals surface area contributed by atoms with Crippen LogP contribution in [0.1, 0.15) is 15.9 Å². The summed E-state index contributed by atoms with van der Waals surface area (Å²) in [5.74, 6) is -0.618. The molecule has 3 aromatic rings. The lowest BCUT2D eigenvalue weighted by atomic mass is 10.1. The van der Waals surface area contributed by atoms with E-state index in [1.54, 1.807) is 24.3 Å². The van der Waals surface area contributed by atoms with Crippen molar-refractivity contribution in [3.05, 3.63) is 71.7 Å². The molecule has 1 aromatic heterocycles. The molecule has 3 rings (SSSR count). The van der Waals surface area contributed by atoms with Gasteiger partial charge in [-0.1, -0.05) is 17.3 Å². The second kappa shape index (κ2) is 6.12. The van der Waals surface area contributed by atoms with Gasteiger partial charge in [0.15, 0.2) is 5.76 Å². The molecule has 0 unspecified atom stereocenters. The molecular weight excluding hydrogens is 297 g/mol. The number of amides is 1. The van der Waals surface area contributed by atoms with Crippen LogP contribution in [-0.2, 0) is 0 Å². The molecule has 6 heteroatoms. The van der Waals surface area contributed by atoms with Crippen LogP contribution < -0.4 is 5.32 Å². The molecule has 0 spiro atoms. The number of nitrogens with one attached hydrogen (secondary N) is 1. The fraction of sp³-hybridized carbons (Fsp3) is 0. The molecule has 0 aliphatic heterocycles. The van der Waals surface area contributed by atoms with Crippen molar-refractivity contribution in [3.63, 3.8) is 0 Å². The van der Waals surface area contributed by atoms with E-state index in [1.165, 1.54) is 30.5 Å². The monoisotopic (exact) mass is 307 g/mol. The highest BCUT2D eigenvalue weighted by atomic mass is 19.1. The molecule has 0 bridgehead atoms. The first-order valence-corrected chi connectivity index (χ1v) is 6.70. The molecule has 112 valence electrons. The van der Waals surface area contributed by atoms with Crippen LogP contribution in [0.5, 0.6) is 0 Å². The molecular formula is C17H10FN3O2. The van der Waals surface area contributed by atoms with Gasteiger partial charge in [0.2, 0.25) is 0 Å². The first-order chi connectivity index (χ1) is 11.2. The lowest BCUT2D eigenvalue weighted by molar-refractivity contribution is 0.102. The molecule has 1 heterocycles. The van der Waals surface area contributed by atoms with Crippen LogP contribution in [0, 0.1) is 17.1 Å². The Balaban J connectivity index is 1.91. The summed E-state index contributed by atoms with van der Waals surface area (Å²) in [6.45, 7) is 0. The maximum Gasteiger partial charge on any atom is 0.261 e. The summed E-state index contributed by atoms with van der Waals surface area (Å²) in [6, 6.07) is 14.2. The van der Waals surface area contributed by atoms with Crippen molar-refractivity contribution in [2.24, 2.45) is 0 Å². The molecule has 0 aliphatic rings. The Morgan fingerprint density at radius 2 is 1.91 bits per heavy atom. The topological polar surface area (TPSA) is 78.9 Å². The molecule has 0 fully saturated rings. The zero-order valence-corrected chi connectivity index (χ0v) is 11.8. The molecule has 2 aromatic carbocycles. The molecule has 0 atom stereocenters. The van der Waals surface area contributed by atoms with Crippen molar-refractivity contribution < 1.29 is 13.7 Å². The van der Waals surface area contributed by atoms with Gasteiger partial charge in [0.25, 0.3) is 5.91 Å². The summed E-state index contributed by atoms with van der Waals surface area (Å²) in [5.41, 5.74) is 1.47. The van der Waals surface area contributed by atoms with E-state index in [4.69, 9.17) is 9.78 Å². The fourth-order valence-corrected chi connectivity index (χ4v) is 2.09. The number of nitriles is 1. The zero-order valence-electron chi connectivity index (χ0n) is 11.8. The highest BCUT2D eigenvalue weighted by Gasteiger charge is 2.18. The minimum Gasteiger partial charge on any atom is -0.355 e. The Hall–Kier alpha value is -3.46. The highest BCUT2D eigenvalue weighted by Crippen LogP contribution is 2.25. The third-order valence-corrected chi connectivity index (χ3v) is 3.22. The number of nitrogens with zero attached hydrogens (tertiary/aromatic N) is 2. The van der Waals surface area contributed by atoms with Crippen LogP contribution in [0.15, 0.2) is 59.3 Å². The van der Waals surface area contributed by atoms with Crippen molar-refractivity contribution in [2.75, 3.05) is 5.32 Å². The van der Waals surface area contributed by atoms with Crippen molar-refractivity contribution >= 4 is 11.6 Å². The predicted molar refractivity (Wildman–Crippen MR) is 81.0 cm³/mol. The van der Waals surface area contributed by atoms with E-state index in [0.29, 0.717) is 16.8 Å². The SMILES string of the molecule is N#Cc1ccccc1NC(=O)c1cnoc1-c1ccc(F)cc1. The number of para-hydroxylation sites is 1.